The van der Waals surface area contributed by atoms with Gasteiger partial charge in [0.1, 0.15) is 10.6 Å². The molecule has 212 valence electrons. The average Bonchev–Trinajstić information content (AvgIpc) is 3.25. The van der Waals surface area contributed by atoms with Crippen molar-refractivity contribution in [3.8, 4) is 17.2 Å². The number of para-hydroxylation sites is 2. The third kappa shape index (κ3) is 5.79. The SMILES string of the molecule is COc1cc(C(=O)Nc2cccc(SC3=C(Nc4ccccc4)C(=O)N(c4ccccc4)C3=O)c2)cc(OC)c1OC. The van der Waals surface area contributed by atoms with Crippen LogP contribution in [0, 0.1) is 0 Å². The van der Waals surface area contributed by atoms with Gasteiger partial charge in [0.15, 0.2) is 11.5 Å². The minimum Gasteiger partial charge on any atom is -0.493 e. The minimum atomic E-state index is -0.454. The van der Waals surface area contributed by atoms with E-state index in [4.69, 9.17) is 14.2 Å². The first-order valence-electron chi connectivity index (χ1n) is 12.8. The highest BCUT2D eigenvalue weighted by molar-refractivity contribution is 8.04. The number of hydrogen-bond acceptors (Lipinski definition) is 8. The molecule has 1 aliphatic rings. The van der Waals surface area contributed by atoms with Crippen molar-refractivity contribution in [1.29, 1.82) is 0 Å². The maximum atomic E-state index is 13.6. The van der Waals surface area contributed by atoms with Crippen LogP contribution in [0.15, 0.2) is 113 Å². The summed E-state index contributed by atoms with van der Waals surface area (Å²) in [5.74, 6) is -0.216. The Labute approximate surface area is 247 Å². The maximum absolute atomic E-state index is 13.6. The van der Waals surface area contributed by atoms with Crippen LogP contribution >= 0.6 is 11.8 Å². The molecule has 3 amide bonds. The van der Waals surface area contributed by atoms with Gasteiger partial charge in [-0.15, -0.1) is 0 Å². The van der Waals surface area contributed by atoms with E-state index in [1.807, 2.05) is 36.4 Å². The summed E-state index contributed by atoms with van der Waals surface area (Å²) in [4.78, 5) is 42.4. The molecule has 2 N–H and O–H groups in total. The number of carbonyl (C=O) groups is 3. The quantitative estimate of drug-likeness (QED) is 0.221. The third-order valence-corrected chi connectivity index (χ3v) is 7.41. The second-order valence-corrected chi connectivity index (χ2v) is 10.1. The van der Waals surface area contributed by atoms with E-state index in [9.17, 15) is 14.4 Å². The second-order valence-electron chi connectivity index (χ2n) is 8.97. The van der Waals surface area contributed by atoms with Crippen molar-refractivity contribution < 1.29 is 28.6 Å². The lowest BCUT2D eigenvalue weighted by Crippen LogP contribution is -2.32. The first-order chi connectivity index (χ1) is 20.4. The number of rotatable bonds is 10. The lowest BCUT2D eigenvalue weighted by molar-refractivity contribution is -0.120. The normalized spacial score (nSPS) is 12.8. The van der Waals surface area contributed by atoms with Crippen LogP contribution < -0.4 is 29.7 Å². The smallest absolute Gasteiger partial charge is 0.283 e. The number of anilines is 3. The zero-order valence-corrected chi connectivity index (χ0v) is 23.9. The molecule has 0 atom stereocenters. The Morgan fingerprint density at radius 2 is 1.33 bits per heavy atom. The molecule has 0 unspecified atom stereocenters. The van der Waals surface area contributed by atoms with Crippen LogP contribution in [0.2, 0.25) is 0 Å². The monoisotopic (exact) mass is 581 g/mol. The van der Waals surface area contributed by atoms with Gasteiger partial charge < -0.3 is 24.8 Å². The molecule has 0 saturated heterocycles. The summed E-state index contributed by atoms with van der Waals surface area (Å²) in [6.45, 7) is 0. The van der Waals surface area contributed by atoms with Crippen molar-refractivity contribution in [3.05, 3.63) is 113 Å². The van der Waals surface area contributed by atoms with Gasteiger partial charge in [-0.25, -0.2) is 4.90 Å². The topological polar surface area (TPSA) is 106 Å². The number of thioether (sulfide) groups is 1. The molecular formula is C32H27N3O6S. The molecule has 0 spiro atoms. The predicted octanol–water partition coefficient (Wildman–Crippen LogP) is 5.95. The number of benzene rings is 4. The van der Waals surface area contributed by atoms with Gasteiger partial charge in [0, 0.05) is 21.8 Å². The van der Waals surface area contributed by atoms with Gasteiger partial charge in [-0.1, -0.05) is 54.2 Å². The summed E-state index contributed by atoms with van der Waals surface area (Å²) >= 11 is 1.14. The molecule has 0 fully saturated rings. The number of amides is 3. The first-order valence-corrected chi connectivity index (χ1v) is 13.6. The molecule has 5 rings (SSSR count). The molecule has 1 aliphatic heterocycles. The van der Waals surface area contributed by atoms with E-state index in [0.717, 1.165) is 16.7 Å². The number of methoxy groups -OCH3 is 3. The second kappa shape index (κ2) is 12.5. The minimum absolute atomic E-state index is 0.173. The lowest BCUT2D eigenvalue weighted by Gasteiger charge is -2.15. The van der Waals surface area contributed by atoms with E-state index in [-0.39, 0.29) is 10.6 Å². The molecular weight excluding hydrogens is 554 g/mol. The van der Waals surface area contributed by atoms with Crippen LogP contribution in [0.5, 0.6) is 17.2 Å². The van der Waals surface area contributed by atoms with E-state index in [0.29, 0.717) is 44.8 Å². The molecule has 4 aromatic rings. The van der Waals surface area contributed by atoms with Gasteiger partial charge in [0.05, 0.1) is 27.0 Å². The highest BCUT2D eigenvalue weighted by Crippen LogP contribution is 2.40. The van der Waals surface area contributed by atoms with Gasteiger partial charge in [-0.2, -0.15) is 0 Å². The summed E-state index contributed by atoms with van der Waals surface area (Å²) in [7, 11) is 4.44. The molecule has 0 bridgehead atoms. The molecule has 10 heteroatoms. The molecule has 1 heterocycles. The molecule has 0 saturated carbocycles. The Morgan fingerprint density at radius 3 is 1.95 bits per heavy atom. The maximum Gasteiger partial charge on any atom is 0.283 e. The fourth-order valence-electron chi connectivity index (χ4n) is 4.36. The largest absolute Gasteiger partial charge is 0.493 e. The van der Waals surface area contributed by atoms with Crippen LogP contribution in [-0.2, 0) is 9.59 Å². The summed E-state index contributed by atoms with van der Waals surface area (Å²) in [5.41, 5.74) is 2.12. The number of carbonyl (C=O) groups excluding carboxylic acids is 3. The number of nitrogens with one attached hydrogen (secondary N) is 2. The highest BCUT2D eigenvalue weighted by atomic mass is 32.2. The molecule has 0 aromatic heterocycles. The first kappa shape index (κ1) is 28.3. The standard InChI is InChI=1S/C32H27N3O6S/c1-39-25-17-20(18-26(40-2)28(25)41-3)30(36)34-22-13-10-16-24(19-22)42-29-27(33-21-11-6-4-7-12-21)31(37)35(32(29)38)23-14-8-5-9-15-23/h4-19,33H,1-3H3,(H,34,36). The van der Waals surface area contributed by atoms with E-state index in [1.54, 1.807) is 60.7 Å². The van der Waals surface area contributed by atoms with Crippen LogP contribution in [0.25, 0.3) is 0 Å². The van der Waals surface area contributed by atoms with E-state index >= 15 is 0 Å². The fourth-order valence-corrected chi connectivity index (χ4v) is 5.35. The molecule has 4 aromatic carbocycles. The molecule has 42 heavy (non-hydrogen) atoms. The van der Waals surface area contributed by atoms with Gasteiger partial charge in [-0.05, 0) is 54.6 Å². The molecule has 9 nitrogen and oxygen atoms in total. The van der Waals surface area contributed by atoms with Gasteiger partial charge >= 0.3 is 0 Å². The van der Waals surface area contributed by atoms with Gasteiger partial charge in [0.25, 0.3) is 17.7 Å². The van der Waals surface area contributed by atoms with Crippen LogP contribution in [0.3, 0.4) is 0 Å². The number of nitrogens with zero attached hydrogens (tertiary/aromatic N) is 1. The zero-order chi connectivity index (χ0) is 29.6. The molecule has 0 radical (unpaired) electrons. The Kier molecular flexibility index (Phi) is 8.44. The highest BCUT2D eigenvalue weighted by Gasteiger charge is 2.40. The number of ether oxygens (including phenoxy) is 3. The van der Waals surface area contributed by atoms with Gasteiger partial charge in [-0.3, -0.25) is 14.4 Å². The Bertz CT molecular complexity index is 1650. The van der Waals surface area contributed by atoms with Crippen molar-refractivity contribution in [2.24, 2.45) is 0 Å². The Morgan fingerprint density at radius 1 is 0.714 bits per heavy atom. The summed E-state index contributed by atoms with van der Waals surface area (Å²) < 4.78 is 16.1. The van der Waals surface area contributed by atoms with Crippen LogP contribution in [0.1, 0.15) is 10.4 Å². The number of hydrogen-bond donors (Lipinski definition) is 2. The molecule has 0 aliphatic carbocycles. The van der Waals surface area contributed by atoms with E-state index in [1.165, 1.54) is 21.3 Å². The summed E-state index contributed by atoms with van der Waals surface area (Å²) in [6.07, 6.45) is 0. The van der Waals surface area contributed by atoms with Crippen molar-refractivity contribution in [2.45, 2.75) is 4.90 Å². The van der Waals surface area contributed by atoms with Crippen molar-refractivity contribution in [1.82, 2.24) is 0 Å². The lowest BCUT2D eigenvalue weighted by atomic mass is 10.1. The van der Waals surface area contributed by atoms with Crippen LogP contribution in [0.4, 0.5) is 17.1 Å². The van der Waals surface area contributed by atoms with Crippen LogP contribution in [-0.4, -0.2) is 39.1 Å². The fraction of sp³-hybridized carbons (Fsp3) is 0.0938. The number of imide groups is 1. The summed E-state index contributed by atoms with van der Waals surface area (Å²) in [5, 5.41) is 6.00. The Balaban J connectivity index is 1.43. The van der Waals surface area contributed by atoms with Crippen molar-refractivity contribution >= 4 is 46.5 Å². The Hall–Kier alpha value is -5.22. The average molecular weight is 582 g/mol. The zero-order valence-electron chi connectivity index (χ0n) is 23.0. The van der Waals surface area contributed by atoms with Crippen molar-refractivity contribution in [2.75, 3.05) is 36.9 Å². The van der Waals surface area contributed by atoms with Crippen molar-refractivity contribution in [3.63, 3.8) is 0 Å². The summed E-state index contributed by atoms with van der Waals surface area (Å²) in [6, 6.07) is 28.1. The third-order valence-electron chi connectivity index (χ3n) is 6.34. The van der Waals surface area contributed by atoms with E-state index in [2.05, 4.69) is 10.6 Å². The predicted molar refractivity (Wildman–Crippen MR) is 162 cm³/mol. The van der Waals surface area contributed by atoms with E-state index < -0.39 is 17.7 Å². The van der Waals surface area contributed by atoms with Gasteiger partial charge in [0.2, 0.25) is 5.75 Å².